The maximum absolute atomic E-state index is 14.8. The number of carbonyl (C=O) groups is 2. The van der Waals surface area contributed by atoms with Crippen molar-refractivity contribution in [1.29, 1.82) is 0 Å². The number of carbonyl (C=O) groups excluding carboxylic acids is 2. The molecule has 3 heterocycles. The Bertz CT molecular complexity index is 1240. The predicted molar refractivity (Wildman–Crippen MR) is 129 cm³/mol. The van der Waals surface area contributed by atoms with Crippen LogP contribution in [-0.4, -0.2) is 41.1 Å². The minimum Gasteiger partial charge on any atom is -0.384 e. The van der Waals surface area contributed by atoms with Crippen molar-refractivity contribution < 1.29 is 32.0 Å². The summed E-state index contributed by atoms with van der Waals surface area (Å²) in [5.41, 5.74) is 1.19. The van der Waals surface area contributed by atoms with Gasteiger partial charge in [-0.3, -0.25) is 9.59 Å². The second-order valence-electron chi connectivity index (χ2n) is 9.51. The molecule has 0 saturated carbocycles. The molecule has 36 heavy (non-hydrogen) atoms. The summed E-state index contributed by atoms with van der Waals surface area (Å²) in [6, 6.07) is 4.12. The van der Waals surface area contributed by atoms with Gasteiger partial charge in [-0.2, -0.15) is 13.2 Å². The lowest BCUT2D eigenvalue weighted by molar-refractivity contribution is -0.144. The third kappa shape index (κ3) is 5.29. The highest BCUT2D eigenvalue weighted by atomic mass is 35.5. The number of alkyl halides is 3. The summed E-state index contributed by atoms with van der Waals surface area (Å²) >= 11 is 7.20. The Hall–Kier alpha value is -2.46. The molecule has 0 N–H and O–H groups in total. The van der Waals surface area contributed by atoms with Gasteiger partial charge in [-0.25, -0.2) is 4.39 Å². The van der Waals surface area contributed by atoms with E-state index in [1.165, 1.54) is 22.3 Å². The van der Waals surface area contributed by atoms with Gasteiger partial charge < -0.3 is 9.74 Å². The Labute approximate surface area is 215 Å². The van der Waals surface area contributed by atoms with Crippen LogP contribution >= 0.6 is 22.9 Å². The Morgan fingerprint density at radius 2 is 2.00 bits per heavy atom. The number of halogens is 5. The molecule has 0 spiro atoms. The van der Waals surface area contributed by atoms with Crippen molar-refractivity contribution in [2.75, 3.05) is 6.54 Å². The average Bonchev–Trinajstić information content (AvgIpc) is 3.52. The van der Waals surface area contributed by atoms with E-state index in [1.807, 2.05) is 0 Å². The number of hydrogen-bond acceptors (Lipinski definition) is 5. The van der Waals surface area contributed by atoms with Crippen molar-refractivity contribution in [1.82, 2.24) is 4.90 Å². The number of likely N-dealkylation sites (tertiary alicyclic amines) is 1. The summed E-state index contributed by atoms with van der Waals surface area (Å²) in [6.45, 7) is 5.57. The normalized spacial score (nSPS) is 22.1. The van der Waals surface area contributed by atoms with Crippen LogP contribution in [0.5, 0.6) is 0 Å². The number of nitrogens with zero attached hydrogens (tertiary/aromatic N) is 2. The fraction of sp³-hybridized carbons (Fsp3) is 0.480. The zero-order valence-electron chi connectivity index (χ0n) is 20.0. The summed E-state index contributed by atoms with van der Waals surface area (Å²) in [5.74, 6) is -1.53. The van der Waals surface area contributed by atoms with Gasteiger partial charge in [-0.15, -0.1) is 11.3 Å². The van der Waals surface area contributed by atoms with Crippen molar-refractivity contribution in [3.8, 4) is 0 Å². The quantitative estimate of drug-likeness (QED) is 0.380. The number of aryl methyl sites for hydroxylation is 2. The maximum atomic E-state index is 14.8. The topological polar surface area (TPSA) is 59.0 Å². The summed E-state index contributed by atoms with van der Waals surface area (Å²) in [4.78, 5) is 33.9. The Kier molecular flexibility index (Phi) is 7.22. The Balaban J connectivity index is 1.51. The van der Waals surface area contributed by atoms with E-state index >= 15 is 0 Å². The molecule has 0 bridgehead atoms. The highest BCUT2D eigenvalue weighted by Gasteiger charge is 2.41. The molecule has 2 aliphatic rings. The lowest BCUT2D eigenvalue weighted by Crippen LogP contribution is -2.40. The van der Waals surface area contributed by atoms with Crippen molar-refractivity contribution in [2.24, 2.45) is 5.16 Å². The first-order valence-electron chi connectivity index (χ1n) is 11.5. The van der Waals surface area contributed by atoms with E-state index in [1.54, 1.807) is 32.9 Å². The molecule has 2 aliphatic heterocycles. The van der Waals surface area contributed by atoms with Crippen LogP contribution in [0.15, 0.2) is 23.4 Å². The van der Waals surface area contributed by atoms with Gasteiger partial charge in [-0.1, -0.05) is 16.8 Å². The van der Waals surface area contributed by atoms with Gasteiger partial charge in [0.25, 0.3) is 5.91 Å². The highest BCUT2D eigenvalue weighted by Crippen LogP contribution is 2.41. The van der Waals surface area contributed by atoms with Crippen LogP contribution < -0.4 is 0 Å². The number of thiophene rings is 1. The van der Waals surface area contributed by atoms with Crippen LogP contribution in [0, 0.1) is 19.7 Å². The predicted octanol–water partition coefficient (Wildman–Crippen LogP) is 6.71. The summed E-state index contributed by atoms with van der Waals surface area (Å²) < 4.78 is 52.5. The van der Waals surface area contributed by atoms with Crippen LogP contribution in [0.4, 0.5) is 17.6 Å². The van der Waals surface area contributed by atoms with Gasteiger partial charge >= 0.3 is 6.18 Å². The van der Waals surface area contributed by atoms with E-state index in [9.17, 15) is 27.2 Å². The van der Waals surface area contributed by atoms with E-state index in [-0.39, 0.29) is 22.9 Å². The summed E-state index contributed by atoms with van der Waals surface area (Å²) in [6.07, 6.45) is -5.11. The molecule has 0 radical (unpaired) electrons. The molecule has 1 saturated heterocycles. The molecule has 5 nitrogen and oxygen atoms in total. The molecule has 11 heteroatoms. The largest absolute Gasteiger partial charge is 0.389 e. The number of hydrogen-bond donors (Lipinski definition) is 0. The molecule has 0 aliphatic carbocycles. The minimum atomic E-state index is -4.42. The molecule has 1 aromatic heterocycles. The number of ketones is 1. The van der Waals surface area contributed by atoms with Gasteiger partial charge in [0.2, 0.25) is 0 Å². The minimum absolute atomic E-state index is 0.00641. The van der Waals surface area contributed by atoms with Gasteiger partial charge in [-0.05, 0) is 62.9 Å². The highest BCUT2D eigenvalue weighted by molar-refractivity contribution is 7.16. The molecule has 4 rings (SSSR count). The first-order valence-corrected chi connectivity index (χ1v) is 12.7. The Morgan fingerprint density at radius 1 is 1.28 bits per heavy atom. The van der Waals surface area contributed by atoms with Crippen LogP contribution in [0.1, 0.15) is 70.3 Å². The third-order valence-corrected chi connectivity index (χ3v) is 8.09. The SMILES string of the molecule is Cc1cc(Cl)c(F)c(C2(C)CC(c3cc(C)c(C(=O)N4CCCC4C(=O)CCC(F)(F)F)s3)=NO2)c1. The van der Waals surface area contributed by atoms with E-state index in [2.05, 4.69) is 5.16 Å². The van der Waals surface area contributed by atoms with Crippen LogP contribution in [0.3, 0.4) is 0 Å². The Morgan fingerprint density at radius 3 is 2.69 bits per heavy atom. The number of amides is 1. The van der Waals surface area contributed by atoms with Crippen molar-refractivity contribution in [3.05, 3.63) is 55.5 Å². The molecule has 2 atom stereocenters. The molecular weight excluding hydrogens is 520 g/mol. The lowest BCUT2D eigenvalue weighted by Gasteiger charge is -2.23. The smallest absolute Gasteiger partial charge is 0.384 e. The van der Waals surface area contributed by atoms with Crippen LogP contribution in [-0.2, 0) is 15.2 Å². The second kappa shape index (κ2) is 9.78. The molecule has 194 valence electrons. The zero-order valence-corrected chi connectivity index (χ0v) is 21.5. The van der Waals surface area contributed by atoms with E-state index in [0.717, 1.165) is 5.56 Å². The number of oxime groups is 1. The first-order chi connectivity index (χ1) is 16.8. The standard InChI is InChI=1S/C25H25ClF4N2O3S/c1-13-9-15(21(27)16(26)10-13)24(3)12-17(31-35-24)20-11-14(2)22(36-20)23(34)32-8-4-5-18(32)19(33)6-7-25(28,29)30/h9-11,18H,4-8,12H2,1-3H3. The zero-order chi connectivity index (χ0) is 26.4. The summed E-state index contributed by atoms with van der Waals surface area (Å²) in [5, 5.41) is 4.16. The van der Waals surface area contributed by atoms with Gasteiger partial charge in [0.05, 0.1) is 27.2 Å². The first kappa shape index (κ1) is 26.6. The monoisotopic (exact) mass is 544 g/mol. The van der Waals surface area contributed by atoms with E-state index in [4.69, 9.17) is 16.4 Å². The summed E-state index contributed by atoms with van der Waals surface area (Å²) in [7, 11) is 0. The molecular formula is C25H25ClF4N2O3S. The van der Waals surface area contributed by atoms with E-state index in [0.29, 0.717) is 40.4 Å². The lowest BCUT2D eigenvalue weighted by atomic mass is 9.89. The number of rotatable bonds is 6. The van der Waals surface area contributed by atoms with Crippen LogP contribution in [0.25, 0.3) is 0 Å². The van der Waals surface area contributed by atoms with E-state index < -0.39 is 42.3 Å². The molecule has 1 amide bonds. The number of benzene rings is 1. The fourth-order valence-electron chi connectivity index (χ4n) is 4.67. The van der Waals surface area contributed by atoms with Crippen molar-refractivity contribution in [2.45, 2.75) is 70.7 Å². The molecule has 2 aromatic rings. The number of Topliss-reactive ketones (excluding diaryl/α,β-unsaturated/α-hetero) is 1. The van der Waals surface area contributed by atoms with Crippen molar-refractivity contribution >= 4 is 40.3 Å². The van der Waals surface area contributed by atoms with Gasteiger partial charge in [0.15, 0.2) is 11.4 Å². The maximum Gasteiger partial charge on any atom is 0.389 e. The van der Waals surface area contributed by atoms with Gasteiger partial charge in [0, 0.05) is 24.9 Å². The van der Waals surface area contributed by atoms with Crippen LogP contribution in [0.2, 0.25) is 5.02 Å². The fourth-order valence-corrected chi connectivity index (χ4v) is 6.05. The molecule has 2 unspecified atom stereocenters. The second-order valence-corrected chi connectivity index (χ2v) is 11.0. The average molecular weight is 545 g/mol. The third-order valence-electron chi connectivity index (χ3n) is 6.54. The molecule has 1 aromatic carbocycles. The van der Waals surface area contributed by atoms with Gasteiger partial charge in [0.1, 0.15) is 11.5 Å². The molecule has 1 fully saturated rings. The van der Waals surface area contributed by atoms with Crippen molar-refractivity contribution in [3.63, 3.8) is 0 Å².